The van der Waals surface area contributed by atoms with E-state index in [-0.39, 0.29) is 5.56 Å². The molecule has 0 saturated heterocycles. The Hall–Kier alpha value is -3.32. The lowest BCUT2D eigenvalue weighted by Gasteiger charge is -2.00. The summed E-state index contributed by atoms with van der Waals surface area (Å²) in [6.45, 7) is 0. The van der Waals surface area contributed by atoms with Crippen LogP contribution in [0.5, 0.6) is 0 Å². The molecule has 3 rings (SSSR count). The van der Waals surface area contributed by atoms with Crippen molar-refractivity contribution < 1.29 is 0 Å². The van der Waals surface area contributed by atoms with Crippen molar-refractivity contribution in [2.45, 2.75) is 12.8 Å². The Kier molecular flexibility index (Phi) is 4.73. The quantitative estimate of drug-likeness (QED) is 0.569. The zero-order chi connectivity index (χ0) is 16.8. The zero-order valence-corrected chi connectivity index (χ0v) is 13.1. The van der Waals surface area contributed by atoms with Crippen LogP contribution in [0, 0.1) is 12.3 Å². The topological polar surface area (TPSA) is 50.1 Å². The van der Waals surface area contributed by atoms with Gasteiger partial charge in [-0.2, -0.15) is 0 Å². The molecule has 0 radical (unpaired) electrons. The summed E-state index contributed by atoms with van der Waals surface area (Å²) in [4.78, 5) is 17.2. The number of rotatable bonds is 5. The van der Waals surface area contributed by atoms with Crippen molar-refractivity contribution in [2.24, 2.45) is 4.99 Å². The van der Waals surface area contributed by atoms with Crippen molar-refractivity contribution in [1.29, 1.82) is 0 Å². The standard InChI is InChI=1S/C20H17N3O/c1-2-3-14-19-18(15-21-16-10-6-4-7-11-16)20(24)23(22-19)17-12-8-5-9-13-17/h1,4-13,15,22H,3,14H2. The van der Waals surface area contributed by atoms with Crippen LogP contribution < -0.4 is 5.56 Å². The molecule has 1 aromatic heterocycles. The van der Waals surface area contributed by atoms with Gasteiger partial charge in [0.2, 0.25) is 0 Å². The van der Waals surface area contributed by atoms with E-state index in [0.717, 1.165) is 17.1 Å². The fourth-order valence-corrected chi connectivity index (χ4v) is 2.43. The second-order valence-corrected chi connectivity index (χ2v) is 5.28. The van der Waals surface area contributed by atoms with Crippen LogP contribution in [0.25, 0.3) is 5.69 Å². The van der Waals surface area contributed by atoms with Crippen molar-refractivity contribution in [3.8, 4) is 18.0 Å². The van der Waals surface area contributed by atoms with Gasteiger partial charge < -0.3 is 0 Å². The molecule has 4 heteroatoms. The van der Waals surface area contributed by atoms with Crippen LogP contribution in [-0.2, 0) is 6.42 Å². The van der Waals surface area contributed by atoms with Crippen LogP contribution in [0.15, 0.2) is 70.5 Å². The Morgan fingerprint density at radius 2 is 1.75 bits per heavy atom. The fraction of sp³-hybridized carbons (Fsp3) is 0.100. The summed E-state index contributed by atoms with van der Waals surface area (Å²) >= 11 is 0. The zero-order valence-electron chi connectivity index (χ0n) is 13.1. The summed E-state index contributed by atoms with van der Waals surface area (Å²) in [5, 5.41) is 3.15. The first-order valence-electron chi connectivity index (χ1n) is 7.71. The number of terminal acetylenes is 1. The summed E-state index contributed by atoms with van der Waals surface area (Å²) in [5.74, 6) is 2.61. The number of aryl methyl sites for hydroxylation is 1. The number of hydrogen-bond acceptors (Lipinski definition) is 2. The molecule has 0 aliphatic rings. The molecule has 0 amide bonds. The Balaban J connectivity index is 2.03. The molecule has 3 aromatic rings. The molecule has 0 spiro atoms. The normalized spacial score (nSPS) is 10.8. The number of hydrogen-bond donors (Lipinski definition) is 1. The molecule has 0 bridgehead atoms. The number of aromatic amines is 1. The molecule has 4 nitrogen and oxygen atoms in total. The molecular weight excluding hydrogens is 298 g/mol. The smallest absolute Gasteiger partial charge is 0.280 e. The highest BCUT2D eigenvalue weighted by Gasteiger charge is 2.13. The van der Waals surface area contributed by atoms with Gasteiger partial charge >= 0.3 is 0 Å². The maximum Gasteiger partial charge on any atom is 0.280 e. The number of H-pyrrole nitrogens is 1. The maximum absolute atomic E-state index is 12.8. The third-order valence-corrected chi connectivity index (χ3v) is 3.64. The predicted molar refractivity (Wildman–Crippen MR) is 97.2 cm³/mol. The molecule has 0 aliphatic carbocycles. The van der Waals surface area contributed by atoms with Crippen molar-refractivity contribution >= 4 is 11.9 Å². The lowest BCUT2D eigenvalue weighted by molar-refractivity contribution is 0.810. The highest BCUT2D eigenvalue weighted by atomic mass is 16.1. The number of benzene rings is 2. The second-order valence-electron chi connectivity index (χ2n) is 5.28. The highest BCUT2D eigenvalue weighted by Crippen LogP contribution is 2.12. The largest absolute Gasteiger partial charge is 0.294 e. The third-order valence-electron chi connectivity index (χ3n) is 3.64. The van der Waals surface area contributed by atoms with Gasteiger partial charge in [0.25, 0.3) is 5.56 Å². The van der Waals surface area contributed by atoms with Gasteiger partial charge in [0, 0.05) is 24.8 Å². The van der Waals surface area contributed by atoms with Crippen LogP contribution in [0.4, 0.5) is 5.69 Å². The number of aliphatic imine (C=N–C) groups is 1. The number of nitrogens with zero attached hydrogens (tertiary/aromatic N) is 2. The first-order valence-corrected chi connectivity index (χ1v) is 7.71. The van der Waals surface area contributed by atoms with Gasteiger partial charge in [-0.25, -0.2) is 4.68 Å². The molecule has 0 atom stereocenters. The van der Waals surface area contributed by atoms with Crippen molar-refractivity contribution in [1.82, 2.24) is 9.78 Å². The molecule has 1 N–H and O–H groups in total. The van der Waals surface area contributed by atoms with Crippen LogP contribution in [0.3, 0.4) is 0 Å². The Morgan fingerprint density at radius 1 is 1.08 bits per heavy atom. The van der Waals surface area contributed by atoms with Gasteiger partial charge in [-0.15, -0.1) is 12.3 Å². The van der Waals surface area contributed by atoms with E-state index in [1.54, 1.807) is 6.21 Å². The number of para-hydroxylation sites is 2. The lowest BCUT2D eigenvalue weighted by Crippen LogP contribution is -2.17. The van der Waals surface area contributed by atoms with E-state index >= 15 is 0 Å². The van der Waals surface area contributed by atoms with E-state index in [9.17, 15) is 4.79 Å². The van der Waals surface area contributed by atoms with Crippen molar-refractivity contribution in [3.05, 3.63) is 82.3 Å². The van der Waals surface area contributed by atoms with Gasteiger partial charge in [0.05, 0.1) is 16.9 Å². The monoisotopic (exact) mass is 315 g/mol. The first kappa shape index (κ1) is 15.6. The molecule has 24 heavy (non-hydrogen) atoms. The molecule has 0 aliphatic heterocycles. The molecule has 0 unspecified atom stereocenters. The van der Waals surface area contributed by atoms with E-state index in [1.807, 2.05) is 60.7 Å². The first-order chi connectivity index (χ1) is 11.8. The summed E-state index contributed by atoms with van der Waals surface area (Å²) in [6, 6.07) is 19.0. The Labute approximate surface area is 140 Å². The molecular formula is C20H17N3O. The highest BCUT2D eigenvalue weighted by molar-refractivity contribution is 5.83. The maximum atomic E-state index is 12.8. The van der Waals surface area contributed by atoms with Gasteiger partial charge in [0.15, 0.2) is 0 Å². The Morgan fingerprint density at radius 3 is 2.42 bits per heavy atom. The van der Waals surface area contributed by atoms with Gasteiger partial charge in [0.1, 0.15) is 0 Å². The van der Waals surface area contributed by atoms with E-state index in [0.29, 0.717) is 18.4 Å². The predicted octanol–water partition coefficient (Wildman–Crippen LogP) is 3.48. The van der Waals surface area contributed by atoms with Crippen molar-refractivity contribution in [2.75, 3.05) is 0 Å². The number of aromatic nitrogens is 2. The van der Waals surface area contributed by atoms with Crippen LogP contribution in [-0.4, -0.2) is 16.0 Å². The van der Waals surface area contributed by atoms with E-state index < -0.39 is 0 Å². The van der Waals surface area contributed by atoms with E-state index in [2.05, 4.69) is 16.0 Å². The average Bonchev–Trinajstić information content (AvgIpc) is 2.95. The second kappa shape index (κ2) is 7.30. The number of nitrogens with one attached hydrogen (secondary N) is 1. The summed E-state index contributed by atoms with van der Waals surface area (Å²) < 4.78 is 1.53. The molecule has 2 aromatic carbocycles. The summed E-state index contributed by atoms with van der Waals surface area (Å²) in [6.07, 6.45) is 8.13. The van der Waals surface area contributed by atoms with Gasteiger partial charge in [-0.1, -0.05) is 36.4 Å². The molecule has 118 valence electrons. The average molecular weight is 315 g/mol. The minimum atomic E-state index is -0.132. The summed E-state index contributed by atoms with van der Waals surface area (Å²) in [5.41, 5.74) is 2.78. The van der Waals surface area contributed by atoms with Crippen LogP contribution in [0.1, 0.15) is 17.7 Å². The van der Waals surface area contributed by atoms with Crippen molar-refractivity contribution in [3.63, 3.8) is 0 Å². The molecule has 1 heterocycles. The fourth-order valence-electron chi connectivity index (χ4n) is 2.43. The SMILES string of the molecule is C#CCCc1[nH]n(-c2ccccc2)c(=O)c1C=Nc1ccccc1. The van der Waals surface area contributed by atoms with Crippen LogP contribution in [0.2, 0.25) is 0 Å². The minimum absolute atomic E-state index is 0.132. The Bertz CT molecular complexity index is 929. The summed E-state index contributed by atoms with van der Waals surface area (Å²) in [7, 11) is 0. The minimum Gasteiger partial charge on any atom is -0.294 e. The van der Waals surface area contributed by atoms with E-state index in [4.69, 9.17) is 6.42 Å². The molecule has 0 saturated carbocycles. The van der Waals surface area contributed by atoms with Gasteiger partial charge in [-0.3, -0.25) is 14.9 Å². The van der Waals surface area contributed by atoms with Crippen LogP contribution >= 0.6 is 0 Å². The van der Waals surface area contributed by atoms with Gasteiger partial charge in [-0.05, 0) is 24.3 Å². The third kappa shape index (κ3) is 3.36. The molecule has 0 fully saturated rings. The van der Waals surface area contributed by atoms with E-state index in [1.165, 1.54) is 4.68 Å². The lowest BCUT2D eigenvalue weighted by atomic mass is 10.1.